The molecular weight excluding hydrogens is 338 g/mol. The van der Waals surface area contributed by atoms with Crippen molar-refractivity contribution in [3.63, 3.8) is 0 Å². The van der Waals surface area contributed by atoms with Crippen molar-refractivity contribution in [2.75, 3.05) is 7.11 Å². The van der Waals surface area contributed by atoms with Crippen molar-refractivity contribution in [1.29, 1.82) is 0 Å². The number of hydrogen-bond acceptors (Lipinski definition) is 3. The summed E-state index contributed by atoms with van der Waals surface area (Å²) in [5.74, 6) is 0.826. The number of aryl methyl sites for hydroxylation is 1. The molecule has 0 aliphatic heterocycles. The second-order valence-electron chi connectivity index (χ2n) is 6.62. The lowest BCUT2D eigenvalue weighted by Crippen LogP contribution is -2.21. The molecule has 0 atom stereocenters. The zero-order valence-electron chi connectivity index (χ0n) is 16.3. The number of phenolic OH excluding ortho intramolecular Hbond substituents is 1. The average molecular weight is 365 g/mol. The Labute approximate surface area is 160 Å². The third kappa shape index (κ3) is 5.64. The van der Waals surface area contributed by atoms with E-state index in [2.05, 4.69) is 24.9 Å². The van der Waals surface area contributed by atoms with Crippen LogP contribution >= 0.6 is 0 Å². The van der Waals surface area contributed by atoms with Crippen LogP contribution in [0.3, 0.4) is 0 Å². The summed E-state index contributed by atoms with van der Waals surface area (Å²) in [6.07, 6.45) is 6.97. The monoisotopic (exact) mass is 365 g/mol. The predicted octanol–water partition coefficient (Wildman–Crippen LogP) is 4.29. The highest BCUT2D eigenvalue weighted by molar-refractivity contribution is 5.81. The van der Waals surface area contributed by atoms with Crippen molar-refractivity contribution in [1.82, 2.24) is 0 Å². The minimum absolute atomic E-state index is 0.0178. The van der Waals surface area contributed by atoms with Crippen LogP contribution < -0.4 is 16.2 Å². The first-order valence-corrected chi connectivity index (χ1v) is 8.71. The molecule has 5 N–H and O–H groups in total. The van der Waals surface area contributed by atoms with Crippen LogP contribution in [0.5, 0.6) is 11.5 Å². The van der Waals surface area contributed by atoms with Gasteiger partial charge in [-0.15, -0.1) is 0 Å². The Bertz CT molecular complexity index is 904. The molecule has 5 nitrogen and oxygen atoms in total. The highest BCUT2D eigenvalue weighted by atomic mass is 16.5. The van der Waals surface area contributed by atoms with Crippen LogP contribution in [0.2, 0.25) is 0 Å². The minimum atomic E-state index is -0.0178. The first-order valence-electron chi connectivity index (χ1n) is 8.71. The lowest BCUT2D eigenvalue weighted by Gasteiger charge is -2.10. The summed E-state index contributed by atoms with van der Waals surface area (Å²) in [4.78, 5) is 4.05. The third-order valence-corrected chi connectivity index (χ3v) is 4.12. The molecular formula is C22H27N3O2. The number of aromatic hydroxyl groups is 1. The Morgan fingerprint density at radius 3 is 2.52 bits per heavy atom. The number of rotatable bonds is 6. The summed E-state index contributed by atoms with van der Waals surface area (Å²) >= 11 is 0. The number of benzene rings is 2. The van der Waals surface area contributed by atoms with E-state index in [1.54, 1.807) is 25.3 Å². The quantitative estimate of drug-likeness (QED) is 0.308. The van der Waals surface area contributed by atoms with E-state index < -0.39 is 0 Å². The first kappa shape index (κ1) is 20.1. The van der Waals surface area contributed by atoms with Crippen molar-refractivity contribution >= 4 is 23.8 Å². The zero-order valence-corrected chi connectivity index (χ0v) is 16.3. The molecule has 0 unspecified atom stereocenters. The summed E-state index contributed by atoms with van der Waals surface area (Å²) in [7, 11) is 1.57. The van der Waals surface area contributed by atoms with Gasteiger partial charge in [0.25, 0.3) is 0 Å². The van der Waals surface area contributed by atoms with E-state index in [0.717, 1.165) is 23.1 Å². The fourth-order valence-electron chi connectivity index (χ4n) is 2.77. The van der Waals surface area contributed by atoms with Gasteiger partial charge in [-0.1, -0.05) is 29.9 Å². The maximum Gasteiger partial charge on any atom is 0.191 e. The van der Waals surface area contributed by atoms with Crippen molar-refractivity contribution in [2.24, 2.45) is 16.5 Å². The lowest BCUT2D eigenvalue weighted by atomic mass is 9.96. The molecule has 0 fully saturated rings. The largest absolute Gasteiger partial charge is 0.508 e. The van der Waals surface area contributed by atoms with E-state index in [1.165, 1.54) is 11.1 Å². The molecule has 27 heavy (non-hydrogen) atoms. The number of nitrogens with zero attached hydrogens (tertiary/aromatic N) is 1. The van der Waals surface area contributed by atoms with Crippen molar-refractivity contribution < 1.29 is 9.84 Å². The van der Waals surface area contributed by atoms with Gasteiger partial charge in [-0.2, -0.15) is 0 Å². The van der Waals surface area contributed by atoms with Gasteiger partial charge >= 0.3 is 0 Å². The maximum atomic E-state index is 9.99. The molecule has 0 aliphatic carbocycles. The second kappa shape index (κ2) is 8.94. The van der Waals surface area contributed by atoms with Gasteiger partial charge in [-0.25, -0.2) is 4.99 Å². The van der Waals surface area contributed by atoms with E-state index in [0.29, 0.717) is 11.4 Å². The topological polar surface area (TPSA) is 93.9 Å². The molecule has 0 aromatic heterocycles. The Morgan fingerprint density at radius 2 is 1.89 bits per heavy atom. The second-order valence-corrected chi connectivity index (χ2v) is 6.62. The number of aliphatic imine (C=N–C) groups is 1. The van der Waals surface area contributed by atoms with Crippen molar-refractivity contribution in [2.45, 2.75) is 27.2 Å². The molecule has 0 radical (unpaired) electrons. The van der Waals surface area contributed by atoms with Crippen LogP contribution in [-0.4, -0.2) is 18.2 Å². The molecule has 0 spiro atoms. The molecule has 0 saturated heterocycles. The summed E-state index contributed by atoms with van der Waals surface area (Å²) in [6, 6.07) is 9.15. The minimum Gasteiger partial charge on any atom is -0.508 e. The van der Waals surface area contributed by atoms with E-state index in [-0.39, 0.29) is 11.7 Å². The summed E-state index contributed by atoms with van der Waals surface area (Å²) in [5.41, 5.74) is 16.9. The third-order valence-electron chi connectivity index (χ3n) is 4.12. The molecule has 0 aliphatic rings. The molecule has 2 aromatic carbocycles. The fourth-order valence-corrected chi connectivity index (χ4v) is 2.77. The van der Waals surface area contributed by atoms with Crippen LogP contribution in [0.4, 0.5) is 5.69 Å². The Morgan fingerprint density at radius 1 is 1.15 bits per heavy atom. The van der Waals surface area contributed by atoms with Gasteiger partial charge < -0.3 is 21.3 Å². The maximum absolute atomic E-state index is 9.99. The number of phenols is 1. The van der Waals surface area contributed by atoms with Crippen molar-refractivity contribution in [3.05, 3.63) is 64.2 Å². The Kier molecular flexibility index (Phi) is 6.66. The molecule has 2 aromatic rings. The van der Waals surface area contributed by atoms with Crippen LogP contribution in [0, 0.1) is 6.92 Å². The normalized spacial score (nSPS) is 10.7. The van der Waals surface area contributed by atoms with Gasteiger partial charge in [0.15, 0.2) is 5.96 Å². The fraction of sp³-hybridized carbons (Fsp3) is 0.227. The standard InChI is InChI=1S/C22H27N3O2/c1-14(2)5-9-19-15(3)11-18(26)13-17(19)8-6-16-7-10-20(25-22(23)24)21(12-16)27-4/h5-8,10-13,26H,9H2,1-4H3,(H4,23,24,25)/b8-6+. The number of hydrogen-bond donors (Lipinski definition) is 3. The summed E-state index contributed by atoms with van der Waals surface area (Å²) < 4.78 is 5.37. The van der Waals surface area contributed by atoms with E-state index in [4.69, 9.17) is 16.2 Å². The SMILES string of the molecule is COc1cc(/C=C/c2cc(O)cc(C)c2CC=C(C)C)ccc1N=C(N)N. The van der Waals surface area contributed by atoms with Gasteiger partial charge in [-0.3, -0.25) is 0 Å². The number of methoxy groups -OCH3 is 1. The van der Waals surface area contributed by atoms with Gasteiger partial charge in [0, 0.05) is 0 Å². The molecule has 2 rings (SSSR count). The number of nitrogens with two attached hydrogens (primary N) is 2. The molecule has 0 bridgehead atoms. The van der Waals surface area contributed by atoms with E-state index in [9.17, 15) is 5.11 Å². The van der Waals surface area contributed by atoms with Crippen LogP contribution in [-0.2, 0) is 6.42 Å². The summed E-state index contributed by atoms with van der Waals surface area (Å²) in [5, 5.41) is 9.99. The lowest BCUT2D eigenvalue weighted by molar-refractivity contribution is 0.416. The van der Waals surface area contributed by atoms with Gasteiger partial charge in [0.05, 0.1) is 7.11 Å². The predicted molar refractivity (Wildman–Crippen MR) is 113 cm³/mol. The van der Waals surface area contributed by atoms with Crippen LogP contribution in [0.25, 0.3) is 12.2 Å². The highest BCUT2D eigenvalue weighted by Crippen LogP contribution is 2.30. The Hall–Kier alpha value is -3.21. The van der Waals surface area contributed by atoms with Crippen molar-refractivity contribution in [3.8, 4) is 11.5 Å². The molecule has 0 heterocycles. The first-order chi connectivity index (χ1) is 12.8. The van der Waals surface area contributed by atoms with Gasteiger partial charge in [-0.05, 0) is 73.7 Å². The highest BCUT2D eigenvalue weighted by Gasteiger charge is 2.06. The van der Waals surface area contributed by atoms with Gasteiger partial charge in [0.1, 0.15) is 17.2 Å². The number of guanidine groups is 1. The zero-order chi connectivity index (χ0) is 20.0. The van der Waals surface area contributed by atoms with Gasteiger partial charge in [0.2, 0.25) is 0 Å². The smallest absolute Gasteiger partial charge is 0.191 e. The molecule has 0 saturated carbocycles. The number of allylic oxidation sites excluding steroid dienone is 2. The van der Waals surface area contributed by atoms with Crippen LogP contribution in [0.1, 0.15) is 36.1 Å². The van der Waals surface area contributed by atoms with Crippen LogP contribution in [0.15, 0.2) is 47.0 Å². The average Bonchev–Trinajstić information content (AvgIpc) is 2.59. The summed E-state index contributed by atoms with van der Waals surface area (Å²) in [6.45, 7) is 6.17. The molecule has 142 valence electrons. The number of ether oxygens (including phenoxy) is 1. The van der Waals surface area contributed by atoms with E-state index in [1.807, 2.05) is 31.2 Å². The van der Waals surface area contributed by atoms with E-state index >= 15 is 0 Å². The molecule has 5 heteroatoms. The Balaban J connectivity index is 2.40. The molecule has 0 amide bonds.